The lowest BCUT2D eigenvalue weighted by Gasteiger charge is -2.08. The molecule has 0 aromatic heterocycles. The van der Waals surface area contributed by atoms with Crippen molar-refractivity contribution < 1.29 is 29.4 Å². The number of carboxylic acid groups (broad SMARTS) is 2. The quantitative estimate of drug-likeness (QED) is 0.412. The molecule has 0 aliphatic rings. The van der Waals surface area contributed by atoms with Gasteiger partial charge in [0.1, 0.15) is 5.75 Å². The summed E-state index contributed by atoms with van der Waals surface area (Å²) >= 11 is 0. The second-order valence-corrected chi connectivity index (χ2v) is 3.07. The van der Waals surface area contributed by atoms with Gasteiger partial charge >= 0.3 is 11.9 Å². The van der Waals surface area contributed by atoms with E-state index in [9.17, 15) is 0 Å². The van der Waals surface area contributed by atoms with E-state index >= 15 is 0 Å². The van der Waals surface area contributed by atoms with Crippen molar-refractivity contribution in [2.45, 2.75) is 6.10 Å². The number of ether oxygens (including phenoxy) is 1. The minimum atomic E-state index is -1.82. The van der Waals surface area contributed by atoms with Crippen molar-refractivity contribution in [3.05, 3.63) is 29.8 Å². The van der Waals surface area contributed by atoms with Crippen LogP contribution in [0.2, 0.25) is 0 Å². The minimum Gasteiger partial charge on any atom is -0.497 e. The Morgan fingerprint density at radius 1 is 1.37 bits per heavy atom. The molecule has 0 radical (unpaired) electrons. The fraction of sp³-hybridized carbons (Fsp3) is 0.167. The Labute approximate surface area is 109 Å². The van der Waals surface area contributed by atoms with Gasteiger partial charge in [-0.2, -0.15) is 0 Å². The maximum atomic E-state index is 9.10. The second-order valence-electron chi connectivity index (χ2n) is 3.07. The highest BCUT2D eigenvalue weighted by atomic mass is 16.6. The van der Waals surface area contributed by atoms with Gasteiger partial charge in [0, 0.05) is 0 Å². The number of terminal acetylenes is 1. The highest BCUT2D eigenvalue weighted by molar-refractivity contribution is 6.27. The van der Waals surface area contributed by atoms with Crippen LogP contribution in [-0.2, 0) is 14.4 Å². The molecule has 1 atom stereocenters. The zero-order valence-electron chi connectivity index (χ0n) is 10.1. The summed E-state index contributed by atoms with van der Waals surface area (Å²) in [6.45, 7) is 0. The van der Waals surface area contributed by atoms with Crippen LogP contribution in [0.3, 0.4) is 0 Å². The molecule has 102 valence electrons. The van der Waals surface area contributed by atoms with Crippen LogP contribution >= 0.6 is 0 Å². The van der Waals surface area contributed by atoms with Gasteiger partial charge in [-0.25, -0.2) is 15.5 Å². The van der Waals surface area contributed by atoms with Gasteiger partial charge in [0.15, 0.2) is 6.10 Å². The first-order valence-corrected chi connectivity index (χ1v) is 4.88. The fourth-order valence-corrected chi connectivity index (χ4v) is 1.02. The van der Waals surface area contributed by atoms with E-state index in [4.69, 9.17) is 36.9 Å². The molecule has 0 fully saturated rings. The van der Waals surface area contributed by atoms with Crippen LogP contribution in [0.15, 0.2) is 24.3 Å². The molecule has 0 spiro atoms. The average molecular weight is 267 g/mol. The van der Waals surface area contributed by atoms with Crippen LogP contribution in [0.25, 0.3) is 0 Å². The molecule has 1 unspecified atom stereocenters. The lowest BCUT2D eigenvalue weighted by Crippen LogP contribution is -2.09. The van der Waals surface area contributed by atoms with E-state index in [0.717, 1.165) is 11.3 Å². The van der Waals surface area contributed by atoms with E-state index in [2.05, 4.69) is 10.8 Å². The number of carbonyl (C=O) groups is 2. The third-order valence-corrected chi connectivity index (χ3v) is 1.87. The van der Waals surface area contributed by atoms with Crippen LogP contribution in [0.5, 0.6) is 5.75 Å². The first kappa shape index (κ1) is 16.4. The molecule has 0 aliphatic carbocycles. The molecule has 0 saturated heterocycles. The number of methoxy groups -OCH3 is 1. The van der Waals surface area contributed by atoms with Crippen molar-refractivity contribution in [1.29, 1.82) is 0 Å². The Morgan fingerprint density at radius 2 is 1.95 bits per heavy atom. The molecule has 19 heavy (non-hydrogen) atoms. The molecule has 7 nitrogen and oxygen atoms in total. The van der Waals surface area contributed by atoms with Crippen LogP contribution in [-0.4, -0.2) is 29.3 Å². The number of rotatable bonds is 3. The summed E-state index contributed by atoms with van der Waals surface area (Å²) in [4.78, 5) is 22.8. The monoisotopic (exact) mass is 267 g/mol. The highest BCUT2D eigenvalue weighted by Crippen LogP contribution is 2.19. The summed E-state index contributed by atoms with van der Waals surface area (Å²) in [5.41, 5.74) is 0.810. The fourth-order valence-electron chi connectivity index (χ4n) is 1.02. The van der Waals surface area contributed by atoms with Crippen molar-refractivity contribution in [1.82, 2.24) is 0 Å². The van der Waals surface area contributed by atoms with Crippen molar-refractivity contribution in [2.24, 2.45) is 5.90 Å². The van der Waals surface area contributed by atoms with Crippen molar-refractivity contribution in [3.8, 4) is 18.1 Å². The maximum absolute atomic E-state index is 9.10. The molecule has 1 aromatic rings. The topological polar surface area (TPSA) is 119 Å². The number of carboxylic acids is 2. The first-order valence-electron chi connectivity index (χ1n) is 4.88. The van der Waals surface area contributed by atoms with Gasteiger partial charge in [0.05, 0.1) is 7.11 Å². The number of benzene rings is 1. The Hall–Kier alpha value is -2.56. The van der Waals surface area contributed by atoms with Gasteiger partial charge in [-0.05, 0) is 17.7 Å². The summed E-state index contributed by atoms with van der Waals surface area (Å²) in [5.74, 6) is 4.52. The van der Waals surface area contributed by atoms with Gasteiger partial charge in [-0.3, -0.25) is 4.84 Å². The zero-order chi connectivity index (χ0) is 14.8. The molecule has 0 heterocycles. The molecule has 1 rings (SSSR count). The van der Waals surface area contributed by atoms with Crippen molar-refractivity contribution in [2.75, 3.05) is 7.11 Å². The lowest BCUT2D eigenvalue weighted by molar-refractivity contribution is -0.159. The molecular formula is C12H13NO6. The normalized spacial score (nSPS) is 10.4. The van der Waals surface area contributed by atoms with Crippen molar-refractivity contribution in [3.63, 3.8) is 0 Å². The molecule has 1 aromatic carbocycles. The summed E-state index contributed by atoms with van der Waals surface area (Å²) in [7, 11) is 1.59. The summed E-state index contributed by atoms with van der Waals surface area (Å²) in [6.07, 6.45) is 4.69. The van der Waals surface area contributed by atoms with Crippen LogP contribution in [0, 0.1) is 12.3 Å². The Balaban J connectivity index is 0.000000459. The Kier molecular flexibility index (Phi) is 7.37. The third-order valence-electron chi connectivity index (χ3n) is 1.87. The molecule has 4 N–H and O–H groups in total. The van der Waals surface area contributed by atoms with E-state index in [1.54, 1.807) is 13.2 Å². The van der Waals surface area contributed by atoms with Gasteiger partial charge in [-0.15, -0.1) is 6.42 Å². The largest absolute Gasteiger partial charge is 0.497 e. The van der Waals surface area contributed by atoms with E-state index in [-0.39, 0.29) is 0 Å². The number of aliphatic carboxylic acids is 2. The molecule has 0 bridgehead atoms. The summed E-state index contributed by atoms with van der Waals surface area (Å²) in [6, 6.07) is 7.28. The van der Waals surface area contributed by atoms with Gasteiger partial charge < -0.3 is 14.9 Å². The standard InChI is InChI=1S/C10H11NO2.C2H2O4/c1-3-10(13-11)8-5-4-6-9(7-8)12-2;3-1(4)2(5)6/h1,4-7,10H,11H2,2H3;(H,3,4)(H,5,6). The number of hydrogen-bond donors (Lipinski definition) is 3. The van der Waals surface area contributed by atoms with Gasteiger partial charge in [-0.1, -0.05) is 18.1 Å². The van der Waals surface area contributed by atoms with E-state index in [0.29, 0.717) is 0 Å². The third kappa shape index (κ3) is 6.07. The highest BCUT2D eigenvalue weighted by Gasteiger charge is 2.07. The maximum Gasteiger partial charge on any atom is 0.414 e. The second kappa shape index (κ2) is 8.52. The molecule has 0 amide bonds. The summed E-state index contributed by atoms with van der Waals surface area (Å²) in [5, 5.41) is 14.8. The average Bonchev–Trinajstić information content (AvgIpc) is 2.41. The van der Waals surface area contributed by atoms with E-state index < -0.39 is 18.0 Å². The predicted octanol–water partition coefficient (Wildman–Crippen LogP) is 0.415. The number of nitrogens with two attached hydrogens (primary N) is 1. The van der Waals surface area contributed by atoms with Crippen LogP contribution in [0.4, 0.5) is 0 Å². The molecule has 7 heteroatoms. The van der Waals surface area contributed by atoms with E-state index in [1.807, 2.05) is 18.2 Å². The van der Waals surface area contributed by atoms with Crippen LogP contribution < -0.4 is 10.6 Å². The Morgan fingerprint density at radius 3 is 2.32 bits per heavy atom. The van der Waals surface area contributed by atoms with Crippen molar-refractivity contribution >= 4 is 11.9 Å². The van der Waals surface area contributed by atoms with Crippen LogP contribution in [0.1, 0.15) is 11.7 Å². The van der Waals surface area contributed by atoms with Gasteiger partial charge in [0.2, 0.25) is 0 Å². The molecular weight excluding hydrogens is 254 g/mol. The SMILES string of the molecule is C#CC(ON)c1cccc(OC)c1.O=C(O)C(=O)O. The van der Waals surface area contributed by atoms with Gasteiger partial charge in [0.25, 0.3) is 0 Å². The molecule has 0 aliphatic heterocycles. The summed E-state index contributed by atoms with van der Waals surface area (Å²) < 4.78 is 5.03. The minimum absolute atomic E-state index is 0.518. The Bertz CT molecular complexity index is 467. The number of hydrogen-bond acceptors (Lipinski definition) is 5. The zero-order valence-corrected chi connectivity index (χ0v) is 10.1. The predicted molar refractivity (Wildman–Crippen MR) is 65.1 cm³/mol. The smallest absolute Gasteiger partial charge is 0.414 e. The van der Waals surface area contributed by atoms with E-state index in [1.165, 1.54) is 0 Å². The molecule has 0 saturated carbocycles. The lowest BCUT2D eigenvalue weighted by atomic mass is 10.1. The first-order chi connectivity index (χ1) is 8.96.